The van der Waals surface area contributed by atoms with Crippen LogP contribution in [0.25, 0.3) is 11.0 Å². The van der Waals surface area contributed by atoms with Gasteiger partial charge >= 0.3 is 5.63 Å². The lowest BCUT2D eigenvalue weighted by Gasteiger charge is -2.08. The summed E-state index contributed by atoms with van der Waals surface area (Å²) in [7, 11) is 0. The molecule has 1 aromatic heterocycles. The Labute approximate surface area is 136 Å². The van der Waals surface area contributed by atoms with Gasteiger partial charge in [0, 0.05) is 22.1 Å². The molecule has 0 N–H and O–H groups in total. The molecule has 0 amide bonds. The molecular formula is C18H14F2O2S. The molecule has 0 saturated carbocycles. The fourth-order valence-electron chi connectivity index (χ4n) is 2.33. The van der Waals surface area contributed by atoms with E-state index in [9.17, 15) is 13.6 Å². The zero-order chi connectivity index (χ0) is 16.6. The van der Waals surface area contributed by atoms with E-state index < -0.39 is 17.3 Å². The van der Waals surface area contributed by atoms with E-state index in [1.165, 1.54) is 23.9 Å². The summed E-state index contributed by atoms with van der Waals surface area (Å²) in [6, 6.07) is 9.05. The van der Waals surface area contributed by atoms with Crippen LogP contribution in [0.3, 0.4) is 0 Å². The fourth-order valence-corrected chi connectivity index (χ4v) is 3.24. The van der Waals surface area contributed by atoms with Gasteiger partial charge in [0.05, 0.1) is 0 Å². The average molecular weight is 332 g/mol. The fraction of sp³-hybridized carbons (Fsp3) is 0.167. The quantitative estimate of drug-likeness (QED) is 0.500. The number of hydrogen-bond donors (Lipinski definition) is 0. The van der Waals surface area contributed by atoms with Gasteiger partial charge in [-0.15, -0.1) is 11.8 Å². The molecular weight excluding hydrogens is 318 g/mol. The molecule has 0 aliphatic rings. The first-order valence-electron chi connectivity index (χ1n) is 7.06. The van der Waals surface area contributed by atoms with Crippen LogP contribution in [-0.2, 0) is 5.75 Å². The van der Waals surface area contributed by atoms with Gasteiger partial charge in [0.25, 0.3) is 0 Å². The van der Waals surface area contributed by atoms with Crippen LogP contribution in [0.2, 0.25) is 0 Å². The Bertz CT molecular complexity index is 948. The summed E-state index contributed by atoms with van der Waals surface area (Å²) < 4.78 is 31.5. The van der Waals surface area contributed by atoms with Crippen LogP contribution in [0.5, 0.6) is 0 Å². The van der Waals surface area contributed by atoms with Gasteiger partial charge in [-0.3, -0.25) is 0 Å². The smallest absolute Gasteiger partial charge is 0.336 e. The van der Waals surface area contributed by atoms with Crippen molar-refractivity contribution in [2.75, 3.05) is 0 Å². The Balaban J connectivity index is 1.97. The van der Waals surface area contributed by atoms with E-state index in [2.05, 4.69) is 0 Å². The van der Waals surface area contributed by atoms with E-state index in [0.29, 0.717) is 16.2 Å². The number of aryl methyl sites for hydroxylation is 2. The lowest BCUT2D eigenvalue weighted by molar-refractivity contribution is 0.506. The van der Waals surface area contributed by atoms with E-state index in [1.807, 2.05) is 26.0 Å². The van der Waals surface area contributed by atoms with E-state index in [4.69, 9.17) is 4.42 Å². The highest BCUT2D eigenvalue weighted by molar-refractivity contribution is 7.98. The normalized spacial score (nSPS) is 11.1. The first kappa shape index (κ1) is 15.7. The maximum absolute atomic E-state index is 13.3. The van der Waals surface area contributed by atoms with Gasteiger partial charge in [-0.2, -0.15) is 0 Å². The summed E-state index contributed by atoms with van der Waals surface area (Å²) in [5.41, 5.74) is 3.09. The molecule has 0 radical (unpaired) electrons. The van der Waals surface area contributed by atoms with Crippen molar-refractivity contribution < 1.29 is 13.2 Å². The molecule has 3 aromatic rings. The largest absolute Gasteiger partial charge is 0.423 e. The number of halogens is 2. The summed E-state index contributed by atoms with van der Waals surface area (Å²) in [5.74, 6) is -1.28. The monoisotopic (exact) mass is 332 g/mol. The highest BCUT2D eigenvalue weighted by Crippen LogP contribution is 2.28. The molecule has 5 heteroatoms. The van der Waals surface area contributed by atoms with Crippen molar-refractivity contribution in [1.82, 2.24) is 0 Å². The average Bonchev–Trinajstić information content (AvgIpc) is 2.50. The molecule has 0 unspecified atom stereocenters. The van der Waals surface area contributed by atoms with Gasteiger partial charge in [0.1, 0.15) is 5.58 Å². The zero-order valence-electron chi connectivity index (χ0n) is 12.7. The van der Waals surface area contributed by atoms with E-state index in [-0.39, 0.29) is 0 Å². The first-order valence-corrected chi connectivity index (χ1v) is 8.04. The molecule has 0 bridgehead atoms. The number of thioether (sulfide) groups is 1. The first-order chi connectivity index (χ1) is 10.9. The van der Waals surface area contributed by atoms with E-state index >= 15 is 0 Å². The molecule has 23 heavy (non-hydrogen) atoms. The summed E-state index contributed by atoms with van der Waals surface area (Å²) in [5, 5.41) is 0.864. The van der Waals surface area contributed by atoms with E-state index in [1.54, 1.807) is 0 Å². The maximum atomic E-state index is 13.3. The minimum absolute atomic E-state index is 0.415. The molecule has 0 atom stereocenters. The molecule has 118 valence electrons. The van der Waals surface area contributed by atoms with Crippen molar-refractivity contribution >= 4 is 22.7 Å². The predicted molar refractivity (Wildman–Crippen MR) is 87.9 cm³/mol. The van der Waals surface area contributed by atoms with Gasteiger partial charge < -0.3 is 4.42 Å². The molecule has 0 fully saturated rings. The van der Waals surface area contributed by atoms with Crippen LogP contribution in [0, 0.1) is 25.5 Å². The summed E-state index contributed by atoms with van der Waals surface area (Å²) in [6.45, 7) is 3.95. The minimum Gasteiger partial charge on any atom is -0.423 e. The van der Waals surface area contributed by atoms with Crippen LogP contribution < -0.4 is 5.63 Å². The summed E-state index contributed by atoms with van der Waals surface area (Å²) >= 11 is 1.34. The van der Waals surface area contributed by atoms with Gasteiger partial charge in [0.2, 0.25) is 0 Å². The Hall–Kier alpha value is -2.14. The molecule has 0 aliphatic heterocycles. The maximum Gasteiger partial charge on any atom is 0.336 e. The predicted octanol–water partition coefficient (Wildman–Crippen LogP) is 4.98. The van der Waals surface area contributed by atoms with Gasteiger partial charge in [-0.25, -0.2) is 13.6 Å². The number of fused-ring (bicyclic) bond motifs is 1. The van der Waals surface area contributed by atoms with Crippen LogP contribution in [0.15, 0.2) is 50.5 Å². The third-order valence-corrected chi connectivity index (χ3v) is 4.77. The van der Waals surface area contributed by atoms with Crippen LogP contribution in [0.1, 0.15) is 16.7 Å². The van der Waals surface area contributed by atoms with Crippen molar-refractivity contribution in [3.63, 3.8) is 0 Å². The topological polar surface area (TPSA) is 30.2 Å². The molecule has 0 saturated heterocycles. The molecule has 2 nitrogen and oxygen atoms in total. The molecule has 3 rings (SSSR count). The Morgan fingerprint density at radius 2 is 1.74 bits per heavy atom. The highest BCUT2D eigenvalue weighted by Gasteiger charge is 2.09. The van der Waals surface area contributed by atoms with Gasteiger partial charge in [-0.05, 0) is 60.9 Å². The van der Waals surface area contributed by atoms with Crippen LogP contribution >= 0.6 is 11.8 Å². The lowest BCUT2D eigenvalue weighted by atomic mass is 10.0. The lowest BCUT2D eigenvalue weighted by Crippen LogP contribution is -2.00. The molecule has 2 aromatic carbocycles. The van der Waals surface area contributed by atoms with Crippen LogP contribution in [0.4, 0.5) is 8.78 Å². The summed E-state index contributed by atoms with van der Waals surface area (Å²) in [4.78, 5) is 12.3. The number of hydrogen-bond acceptors (Lipinski definition) is 3. The Morgan fingerprint density at radius 1 is 1.00 bits per heavy atom. The van der Waals surface area contributed by atoms with Crippen molar-refractivity contribution in [3.05, 3.63) is 75.1 Å². The standard InChI is InChI=1S/C18H14F2O2S/c1-10-5-14-12(7-18(21)22-17(14)6-11(10)2)9-23-13-3-4-15(19)16(20)8-13/h3-8H,9H2,1-2H3. The number of benzene rings is 2. The zero-order valence-corrected chi connectivity index (χ0v) is 13.5. The number of rotatable bonds is 3. The van der Waals surface area contributed by atoms with Crippen molar-refractivity contribution in [2.45, 2.75) is 24.5 Å². The molecule has 1 heterocycles. The van der Waals surface area contributed by atoms with Crippen molar-refractivity contribution in [2.24, 2.45) is 0 Å². The minimum atomic E-state index is -0.876. The highest BCUT2D eigenvalue weighted by atomic mass is 32.2. The Morgan fingerprint density at radius 3 is 2.48 bits per heavy atom. The van der Waals surface area contributed by atoms with Crippen LogP contribution in [-0.4, -0.2) is 0 Å². The second-order valence-electron chi connectivity index (χ2n) is 5.39. The van der Waals surface area contributed by atoms with Crippen molar-refractivity contribution in [3.8, 4) is 0 Å². The van der Waals surface area contributed by atoms with Gasteiger partial charge in [-0.1, -0.05) is 0 Å². The van der Waals surface area contributed by atoms with Crippen molar-refractivity contribution in [1.29, 1.82) is 0 Å². The molecule has 0 spiro atoms. The third kappa shape index (κ3) is 3.29. The summed E-state index contributed by atoms with van der Waals surface area (Å²) in [6.07, 6.45) is 0. The van der Waals surface area contributed by atoms with Gasteiger partial charge in [0.15, 0.2) is 11.6 Å². The SMILES string of the molecule is Cc1cc2oc(=O)cc(CSc3ccc(F)c(F)c3)c2cc1C. The second kappa shape index (κ2) is 6.16. The second-order valence-corrected chi connectivity index (χ2v) is 6.44. The van der Waals surface area contributed by atoms with E-state index in [0.717, 1.165) is 34.2 Å². The molecule has 0 aliphatic carbocycles. The Kier molecular flexibility index (Phi) is 4.22. The third-order valence-electron chi connectivity index (χ3n) is 3.73.